The number of hydrogen-bond donors (Lipinski definition) is 0. The van der Waals surface area contributed by atoms with E-state index in [1.807, 2.05) is 36.4 Å². The molecule has 1 fully saturated rings. The zero-order chi connectivity index (χ0) is 15.6. The van der Waals surface area contributed by atoms with Crippen molar-refractivity contribution in [3.05, 3.63) is 48.5 Å². The van der Waals surface area contributed by atoms with E-state index in [4.69, 9.17) is 0 Å². The number of benzene rings is 1. The van der Waals surface area contributed by atoms with Crippen molar-refractivity contribution < 1.29 is 8.42 Å². The molecule has 1 aromatic heterocycles. The van der Waals surface area contributed by atoms with Crippen LogP contribution in [0.3, 0.4) is 0 Å². The first-order valence-corrected chi connectivity index (χ1v) is 9.04. The van der Waals surface area contributed by atoms with Crippen LogP contribution in [0.2, 0.25) is 0 Å². The minimum atomic E-state index is -3.49. The van der Waals surface area contributed by atoms with Crippen LogP contribution >= 0.6 is 0 Å². The maximum Gasteiger partial charge on any atom is 0.260 e. The van der Waals surface area contributed by atoms with Crippen LogP contribution in [-0.4, -0.2) is 30.8 Å². The molecule has 1 saturated heterocycles. The monoisotopic (exact) mass is 316 g/mol. The standard InChI is InChI=1S/C17H20N2O2S/c1-14-10-12-19(13-11-14)22(20,21)17-9-5-8-16(18-17)15-6-3-2-4-7-15/h2-9,14H,10-13H2,1H3. The molecule has 4 nitrogen and oxygen atoms in total. The lowest BCUT2D eigenvalue weighted by Crippen LogP contribution is -2.38. The van der Waals surface area contributed by atoms with Crippen LogP contribution in [0.5, 0.6) is 0 Å². The lowest BCUT2D eigenvalue weighted by atomic mass is 10.0. The highest BCUT2D eigenvalue weighted by Crippen LogP contribution is 2.24. The molecule has 0 unspecified atom stereocenters. The number of pyridine rings is 1. The molecule has 0 saturated carbocycles. The topological polar surface area (TPSA) is 50.3 Å². The number of sulfonamides is 1. The summed E-state index contributed by atoms with van der Waals surface area (Å²) in [6, 6.07) is 14.8. The Hall–Kier alpha value is -1.72. The number of piperidine rings is 1. The van der Waals surface area contributed by atoms with E-state index in [0.717, 1.165) is 18.4 Å². The molecule has 1 aliphatic rings. The Bertz CT molecular complexity index is 736. The summed E-state index contributed by atoms with van der Waals surface area (Å²) in [5.74, 6) is 0.593. The lowest BCUT2D eigenvalue weighted by molar-refractivity contribution is 0.287. The Morgan fingerprint density at radius 1 is 1.00 bits per heavy atom. The van der Waals surface area contributed by atoms with E-state index in [1.54, 1.807) is 16.4 Å². The SMILES string of the molecule is CC1CCN(S(=O)(=O)c2cccc(-c3ccccc3)n2)CC1. The molecule has 3 rings (SSSR count). The third-order valence-corrected chi connectivity index (χ3v) is 5.94. The third kappa shape index (κ3) is 3.05. The predicted molar refractivity (Wildman–Crippen MR) is 86.8 cm³/mol. The lowest BCUT2D eigenvalue weighted by Gasteiger charge is -2.29. The number of aromatic nitrogens is 1. The second-order valence-corrected chi connectivity index (χ2v) is 7.70. The Balaban J connectivity index is 1.91. The van der Waals surface area contributed by atoms with Gasteiger partial charge in [-0.2, -0.15) is 4.31 Å². The van der Waals surface area contributed by atoms with E-state index in [9.17, 15) is 8.42 Å². The van der Waals surface area contributed by atoms with Crippen molar-refractivity contribution in [3.8, 4) is 11.3 Å². The maximum absolute atomic E-state index is 12.7. The van der Waals surface area contributed by atoms with E-state index in [2.05, 4.69) is 11.9 Å². The first-order chi connectivity index (χ1) is 10.6. The second-order valence-electron chi connectivity index (χ2n) is 5.81. The van der Waals surface area contributed by atoms with Crippen molar-refractivity contribution >= 4 is 10.0 Å². The van der Waals surface area contributed by atoms with Gasteiger partial charge in [-0.25, -0.2) is 13.4 Å². The van der Waals surface area contributed by atoms with E-state index in [0.29, 0.717) is 24.7 Å². The Kier molecular flexibility index (Phi) is 4.27. The molecule has 1 aliphatic heterocycles. The average molecular weight is 316 g/mol. The molecule has 0 atom stereocenters. The van der Waals surface area contributed by atoms with Gasteiger partial charge in [0.15, 0.2) is 5.03 Å². The number of nitrogens with zero attached hydrogens (tertiary/aromatic N) is 2. The van der Waals surface area contributed by atoms with Crippen molar-refractivity contribution in [2.75, 3.05) is 13.1 Å². The van der Waals surface area contributed by atoms with Crippen molar-refractivity contribution in [1.82, 2.24) is 9.29 Å². The fourth-order valence-corrected chi connectivity index (χ4v) is 4.11. The summed E-state index contributed by atoms with van der Waals surface area (Å²) < 4.78 is 27.0. The summed E-state index contributed by atoms with van der Waals surface area (Å²) in [4.78, 5) is 4.38. The molecule has 2 heterocycles. The van der Waals surface area contributed by atoms with Gasteiger partial charge in [0, 0.05) is 18.7 Å². The summed E-state index contributed by atoms with van der Waals surface area (Å²) in [6.07, 6.45) is 1.83. The van der Waals surface area contributed by atoms with Gasteiger partial charge in [0.05, 0.1) is 5.69 Å². The van der Waals surface area contributed by atoms with Crippen LogP contribution in [0.4, 0.5) is 0 Å². The molecule has 0 radical (unpaired) electrons. The molecule has 0 spiro atoms. The first kappa shape index (κ1) is 15.2. The first-order valence-electron chi connectivity index (χ1n) is 7.60. The second kappa shape index (κ2) is 6.18. The van der Waals surface area contributed by atoms with Gasteiger partial charge in [0.1, 0.15) is 0 Å². The van der Waals surface area contributed by atoms with E-state index >= 15 is 0 Å². The molecule has 22 heavy (non-hydrogen) atoms. The molecule has 5 heteroatoms. The van der Waals surface area contributed by atoms with E-state index in [1.165, 1.54) is 0 Å². The van der Waals surface area contributed by atoms with Crippen LogP contribution in [0.25, 0.3) is 11.3 Å². The molecule has 0 bridgehead atoms. The quantitative estimate of drug-likeness (QED) is 0.874. The fraction of sp³-hybridized carbons (Fsp3) is 0.353. The van der Waals surface area contributed by atoms with Crippen LogP contribution < -0.4 is 0 Å². The largest absolute Gasteiger partial charge is 0.260 e. The van der Waals surface area contributed by atoms with E-state index in [-0.39, 0.29) is 5.03 Å². The molecular formula is C17H20N2O2S. The summed E-state index contributed by atoms with van der Waals surface area (Å²) >= 11 is 0. The molecule has 0 N–H and O–H groups in total. The summed E-state index contributed by atoms with van der Waals surface area (Å²) in [5, 5.41) is 0.142. The van der Waals surface area contributed by atoms with Gasteiger partial charge in [0.25, 0.3) is 10.0 Å². The van der Waals surface area contributed by atoms with Gasteiger partial charge in [-0.3, -0.25) is 0 Å². The average Bonchev–Trinajstić information content (AvgIpc) is 2.56. The molecule has 0 aliphatic carbocycles. The van der Waals surface area contributed by atoms with Crippen molar-refractivity contribution in [2.45, 2.75) is 24.8 Å². The molecule has 116 valence electrons. The fourth-order valence-electron chi connectivity index (χ4n) is 2.69. The highest BCUT2D eigenvalue weighted by Gasteiger charge is 2.29. The highest BCUT2D eigenvalue weighted by atomic mass is 32.2. The van der Waals surface area contributed by atoms with Crippen LogP contribution in [-0.2, 0) is 10.0 Å². The van der Waals surface area contributed by atoms with Gasteiger partial charge < -0.3 is 0 Å². The molecule has 1 aromatic carbocycles. The van der Waals surface area contributed by atoms with Crippen LogP contribution in [0, 0.1) is 5.92 Å². The van der Waals surface area contributed by atoms with Crippen LogP contribution in [0.15, 0.2) is 53.6 Å². The van der Waals surface area contributed by atoms with Gasteiger partial charge in [0.2, 0.25) is 0 Å². The minimum Gasteiger partial charge on any atom is -0.235 e. The van der Waals surface area contributed by atoms with Gasteiger partial charge in [-0.15, -0.1) is 0 Å². The molecule has 2 aromatic rings. The summed E-state index contributed by atoms with van der Waals surface area (Å²) in [6.45, 7) is 3.33. The Morgan fingerprint density at radius 2 is 1.68 bits per heavy atom. The van der Waals surface area contributed by atoms with Gasteiger partial charge >= 0.3 is 0 Å². The van der Waals surface area contributed by atoms with Crippen molar-refractivity contribution in [1.29, 1.82) is 0 Å². The van der Waals surface area contributed by atoms with Crippen molar-refractivity contribution in [2.24, 2.45) is 5.92 Å². The Morgan fingerprint density at radius 3 is 2.36 bits per heavy atom. The summed E-state index contributed by atoms with van der Waals surface area (Å²) in [5.41, 5.74) is 1.61. The smallest absolute Gasteiger partial charge is 0.235 e. The highest BCUT2D eigenvalue weighted by molar-refractivity contribution is 7.89. The normalized spacial score (nSPS) is 17.5. The zero-order valence-electron chi connectivity index (χ0n) is 12.6. The summed E-state index contributed by atoms with van der Waals surface area (Å²) in [7, 11) is -3.49. The van der Waals surface area contributed by atoms with Gasteiger partial charge in [-0.1, -0.05) is 43.3 Å². The van der Waals surface area contributed by atoms with Crippen LogP contribution in [0.1, 0.15) is 19.8 Å². The predicted octanol–water partition coefficient (Wildman–Crippen LogP) is 3.17. The molecular weight excluding hydrogens is 296 g/mol. The van der Waals surface area contributed by atoms with Crippen molar-refractivity contribution in [3.63, 3.8) is 0 Å². The maximum atomic E-state index is 12.7. The number of rotatable bonds is 3. The number of hydrogen-bond acceptors (Lipinski definition) is 3. The minimum absolute atomic E-state index is 0.142. The van der Waals surface area contributed by atoms with Gasteiger partial charge in [-0.05, 0) is 30.9 Å². The molecule has 0 amide bonds. The third-order valence-electron chi connectivity index (χ3n) is 4.14. The zero-order valence-corrected chi connectivity index (χ0v) is 13.5. The Labute approximate surface area is 131 Å². The van der Waals surface area contributed by atoms with E-state index < -0.39 is 10.0 Å².